The van der Waals surface area contributed by atoms with Crippen molar-refractivity contribution < 1.29 is 18.9 Å². The SMILES string of the molecule is COCC1C(COC)C2OC1C1OC21. The molecule has 3 rings (SSSR count). The third kappa shape index (κ3) is 1.08. The zero-order valence-corrected chi connectivity index (χ0v) is 8.51. The van der Waals surface area contributed by atoms with E-state index < -0.39 is 0 Å². The Labute approximate surface area is 83.5 Å². The van der Waals surface area contributed by atoms with E-state index in [1.165, 1.54) is 0 Å². The van der Waals surface area contributed by atoms with Gasteiger partial charge in [-0.15, -0.1) is 0 Å². The van der Waals surface area contributed by atoms with Crippen molar-refractivity contribution in [1.29, 1.82) is 0 Å². The van der Waals surface area contributed by atoms with Crippen LogP contribution in [0.4, 0.5) is 0 Å². The molecule has 3 aliphatic heterocycles. The number of fused-ring (bicyclic) bond motifs is 5. The highest BCUT2D eigenvalue weighted by atomic mass is 16.7. The van der Waals surface area contributed by atoms with Crippen LogP contribution in [0.2, 0.25) is 0 Å². The molecule has 0 saturated carbocycles. The predicted octanol–water partition coefficient (Wildman–Crippen LogP) is 0.0600. The molecule has 3 aliphatic rings. The van der Waals surface area contributed by atoms with Crippen molar-refractivity contribution in [1.82, 2.24) is 0 Å². The standard InChI is InChI=1S/C10H16O4/c1-11-3-5-6(4-12-2)8-10-9(14-10)7(5)13-8/h5-10H,3-4H2,1-2H3. The molecule has 6 atom stereocenters. The molecule has 3 saturated heterocycles. The lowest BCUT2D eigenvalue weighted by Crippen LogP contribution is -2.37. The van der Waals surface area contributed by atoms with Gasteiger partial charge in [-0.3, -0.25) is 0 Å². The smallest absolute Gasteiger partial charge is 0.113 e. The minimum absolute atomic E-state index is 0.255. The molecule has 0 amide bonds. The van der Waals surface area contributed by atoms with E-state index >= 15 is 0 Å². The van der Waals surface area contributed by atoms with Crippen molar-refractivity contribution in [3.63, 3.8) is 0 Å². The van der Waals surface area contributed by atoms with Gasteiger partial charge < -0.3 is 18.9 Å². The molecule has 6 unspecified atom stereocenters. The van der Waals surface area contributed by atoms with Gasteiger partial charge in [0, 0.05) is 26.1 Å². The molecule has 2 bridgehead atoms. The fraction of sp³-hybridized carbons (Fsp3) is 1.00. The maximum atomic E-state index is 5.88. The Morgan fingerprint density at radius 3 is 1.64 bits per heavy atom. The van der Waals surface area contributed by atoms with Crippen LogP contribution < -0.4 is 0 Å². The molecule has 0 aromatic carbocycles. The van der Waals surface area contributed by atoms with E-state index in [1.54, 1.807) is 14.2 Å². The number of epoxide rings is 1. The fourth-order valence-corrected chi connectivity index (χ4v) is 3.00. The van der Waals surface area contributed by atoms with Crippen LogP contribution in [0.25, 0.3) is 0 Å². The summed E-state index contributed by atoms with van der Waals surface area (Å²) in [5.41, 5.74) is 0. The highest BCUT2D eigenvalue weighted by molar-refractivity contribution is 5.14. The van der Waals surface area contributed by atoms with Crippen molar-refractivity contribution in [2.75, 3.05) is 27.4 Å². The average Bonchev–Trinajstić information content (AvgIpc) is 2.82. The Hall–Kier alpha value is -0.160. The summed E-state index contributed by atoms with van der Waals surface area (Å²) in [6, 6.07) is 0. The maximum Gasteiger partial charge on any atom is 0.113 e. The van der Waals surface area contributed by atoms with Crippen LogP contribution in [0.1, 0.15) is 0 Å². The van der Waals surface area contributed by atoms with Gasteiger partial charge in [-0.2, -0.15) is 0 Å². The Balaban J connectivity index is 1.74. The van der Waals surface area contributed by atoms with Crippen LogP contribution in [0.15, 0.2) is 0 Å². The van der Waals surface area contributed by atoms with Gasteiger partial charge in [-0.05, 0) is 0 Å². The van der Waals surface area contributed by atoms with Gasteiger partial charge in [-0.25, -0.2) is 0 Å². The van der Waals surface area contributed by atoms with Gasteiger partial charge >= 0.3 is 0 Å². The molecule has 0 spiro atoms. The summed E-state index contributed by atoms with van der Waals surface area (Å²) in [5.74, 6) is 0.905. The summed E-state index contributed by atoms with van der Waals surface area (Å²) in [4.78, 5) is 0. The predicted molar refractivity (Wildman–Crippen MR) is 48.1 cm³/mol. The highest BCUT2D eigenvalue weighted by Crippen LogP contribution is 2.53. The molecule has 0 aliphatic carbocycles. The third-order valence-electron chi connectivity index (χ3n) is 3.64. The molecule has 4 heteroatoms. The Kier molecular flexibility index (Phi) is 2.06. The van der Waals surface area contributed by atoms with Crippen LogP contribution in [-0.4, -0.2) is 51.8 Å². The lowest BCUT2D eigenvalue weighted by Gasteiger charge is -2.24. The van der Waals surface area contributed by atoms with E-state index in [2.05, 4.69) is 0 Å². The van der Waals surface area contributed by atoms with Gasteiger partial charge in [0.15, 0.2) is 0 Å². The highest BCUT2D eigenvalue weighted by Gasteiger charge is 2.68. The zero-order chi connectivity index (χ0) is 9.71. The van der Waals surface area contributed by atoms with Crippen molar-refractivity contribution >= 4 is 0 Å². The Morgan fingerprint density at radius 2 is 1.21 bits per heavy atom. The van der Waals surface area contributed by atoms with E-state index in [0.29, 0.717) is 24.0 Å². The summed E-state index contributed by atoms with van der Waals surface area (Å²) >= 11 is 0. The van der Waals surface area contributed by atoms with E-state index in [9.17, 15) is 0 Å². The summed E-state index contributed by atoms with van der Waals surface area (Å²) in [6.45, 7) is 1.50. The normalized spacial score (nSPS) is 53.6. The molecule has 0 aromatic rings. The van der Waals surface area contributed by atoms with Crippen LogP contribution in [0.3, 0.4) is 0 Å². The lowest BCUT2D eigenvalue weighted by molar-refractivity contribution is -0.00242. The summed E-state index contributed by atoms with van der Waals surface area (Å²) in [7, 11) is 3.47. The first-order valence-electron chi connectivity index (χ1n) is 5.15. The zero-order valence-electron chi connectivity index (χ0n) is 8.51. The molecule has 0 aromatic heterocycles. The van der Waals surface area contributed by atoms with Gasteiger partial charge in [0.1, 0.15) is 12.2 Å². The second kappa shape index (κ2) is 3.17. The molecule has 0 N–H and O–H groups in total. The summed E-state index contributed by atoms with van der Waals surface area (Å²) in [5, 5.41) is 0. The van der Waals surface area contributed by atoms with Crippen molar-refractivity contribution in [3.05, 3.63) is 0 Å². The van der Waals surface area contributed by atoms with Crippen LogP contribution >= 0.6 is 0 Å². The first-order valence-corrected chi connectivity index (χ1v) is 5.15. The van der Waals surface area contributed by atoms with Crippen molar-refractivity contribution in [2.24, 2.45) is 11.8 Å². The first-order chi connectivity index (χ1) is 6.86. The van der Waals surface area contributed by atoms with Crippen molar-refractivity contribution in [2.45, 2.75) is 24.4 Å². The molecule has 80 valence electrons. The number of ether oxygens (including phenoxy) is 4. The largest absolute Gasteiger partial charge is 0.384 e. The van der Waals surface area contributed by atoms with Gasteiger partial charge in [-0.1, -0.05) is 0 Å². The van der Waals surface area contributed by atoms with E-state index in [0.717, 1.165) is 13.2 Å². The van der Waals surface area contributed by atoms with E-state index in [4.69, 9.17) is 18.9 Å². The van der Waals surface area contributed by atoms with Gasteiger partial charge in [0.2, 0.25) is 0 Å². The molecule has 0 radical (unpaired) electrons. The molecule has 3 fully saturated rings. The van der Waals surface area contributed by atoms with Gasteiger partial charge in [0.05, 0.1) is 25.4 Å². The van der Waals surface area contributed by atoms with Gasteiger partial charge in [0.25, 0.3) is 0 Å². The van der Waals surface area contributed by atoms with E-state index in [-0.39, 0.29) is 12.2 Å². The summed E-state index contributed by atoms with van der Waals surface area (Å²) in [6.07, 6.45) is 1.22. The van der Waals surface area contributed by atoms with E-state index in [1.807, 2.05) is 0 Å². The molecule has 14 heavy (non-hydrogen) atoms. The third-order valence-corrected chi connectivity index (χ3v) is 3.64. The number of methoxy groups -OCH3 is 2. The second-order valence-corrected chi connectivity index (χ2v) is 4.37. The average molecular weight is 200 g/mol. The first kappa shape index (κ1) is 9.09. The fourth-order valence-electron chi connectivity index (χ4n) is 3.00. The summed E-state index contributed by atoms with van der Waals surface area (Å²) < 4.78 is 21.9. The minimum Gasteiger partial charge on any atom is -0.384 e. The van der Waals surface area contributed by atoms with Crippen LogP contribution in [-0.2, 0) is 18.9 Å². The van der Waals surface area contributed by atoms with Crippen molar-refractivity contribution in [3.8, 4) is 0 Å². The Morgan fingerprint density at radius 1 is 0.786 bits per heavy atom. The number of hydrogen-bond acceptors (Lipinski definition) is 4. The topological polar surface area (TPSA) is 40.2 Å². The molecular weight excluding hydrogens is 184 g/mol. The van der Waals surface area contributed by atoms with Crippen LogP contribution in [0, 0.1) is 11.8 Å². The monoisotopic (exact) mass is 200 g/mol. The number of rotatable bonds is 4. The molecule has 3 heterocycles. The maximum absolute atomic E-state index is 5.88. The molecule has 4 nitrogen and oxygen atoms in total. The Bertz CT molecular complexity index is 210. The molecular formula is C10H16O4. The second-order valence-electron chi connectivity index (χ2n) is 4.37. The lowest BCUT2D eigenvalue weighted by atomic mass is 9.80. The van der Waals surface area contributed by atoms with Crippen LogP contribution in [0.5, 0.6) is 0 Å². The minimum atomic E-state index is 0.255. The quantitative estimate of drug-likeness (QED) is 0.602. The number of hydrogen-bond donors (Lipinski definition) is 0.